The van der Waals surface area contributed by atoms with Crippen molar-refractivity contribution in [3.63, 3.8) is 0 Å². The van der Waals surface area contributed by atoms with Gasteiger partial charge in [0.25, 0.3) is 6.43 Å². The van der Waals surface area contributed by atoms with Crippen molar-refractivity contribution in [3.8, 4) is 28.7 Å². The van der Waals surface area contributed by atoms with Crippen LogP contribution in [0.2, 0.25) is 0 Å². The molecule has 2 saturated heterocycles. The van der Waals surface area contributed by atoms with E-state index in [4.69, 9.17) is 9.40 Å². The minimum atomic E-state index is -2.89. The average Bonchev–Trinajstić information content (AvgIpc) is 3.81. The molecule has 57 heavy (non-hydrogen) atoms. The smallest absolute Gasteiger partial charge is 0.309 e. The van der Waals surface area contributed by atoms with Gasteiger partial charge in [0.15, 0.2) is 17.2 Å². The summed E-state index contributed by atoms with van der Waals surface area (Å²) in [6.07, 6.45) is 0.231. The zero-order chi connectivity index (χ0) is 40.0. The number of aliphatic hydroxyl groups is 1. The molecule has 2 fully saturated rings. The number of hydrogen-bond acceptors (Lipinski definition) is 11. The van der Waals surface area contributed by atoms with Gasteiger partial charge in [-0.15, -0.1) is 0 Å². The lowest BCUT2D eigenvalue weighted by atomic mass is 9.80. The fourth-order valence-corrected chi connectivity index (χ4v) is 7.97. The number of carboxylic acids is 1. The van der Waals surface area contributed by atoms with Crippen molar-refractivity contribution < 1.29 is 28.2 Å². The average molecular weight is 773 g/mol. The maximum atomic E-state index is 14.1. The van der Waals surface area contributed by atoms with Crippen LogP contribution in [0.4, 0.5) is 20.3 Å². The summed E-state index contributed by atoms with van der Waals surface area (Å²) in [5.74, 6) is -0.826. The van der Waals surface area contributed by atoms with Gasteiger partial charge in [0.05, 0.1) is 22.6 Å². The summed E-state index contributed by atoms with van der Waals surface area (Å²) in [7, 11) is 0. The predicted molar refractivity (Wildman–Crippen MR) is 211 cm³/mol. The van der Waals surface area contributed by atoms with Gasteiger partial charge >= 0.3 is 5.97 Å². The summed E-state index contributed by atoms with van der Waals surface area (Å²) in [6.45, 7) is 9.39. The number of halogens is 2. The van der Waals surface area contributed by atoms with Crippen molar-refractivity contribution >= 4 is 39.6 Å². The number of nitriles is 1. The Hall–Kier alpha value is -5.88. The summed E-state index contributed by atoms with van der Waals surface area (Å²) in [5.41, 5.74) is 7.94. The molecule has 2 aliphatic heterocycles. The van der Waals surface area contributed by atoms with Crippen LogP contribution in [0.5, 0.6) is 0 Å². The number of hydrogen-bond donors (Lipinski definition) is 3. The van der Waals surface area contributed by atoms with Crippen LogP contribution in [-0.2, 0) is 17.9 Å². The van der Waals surface area contributed by atoms with E-state index in [1.54, 1.807) is 19.2 Å². The Labute approximate surface area is 327 Å². The molecule has 292 valence electrons. The molecule has 14 heteroatoms. The number of pyridine rings is 1. The molecule has 2 aliphatic rings. The molecule has 3 aromatic carbocycles. The number of nitrogens with one attached hydrogen (secondary N) is 1. The zero-order valence-electron chi connectivity index (χ0n) is 31.9. The number of aliphatic hydroxyl groups excluding tert-OH is 1. The van der Waals surface area contributed by atoms with Crippen LogP contribution in [0, 0.1) is 30.6 Å². The molecule has 0 spiro atoms. The number of aliphatic carboxylic acids is 1. The molecule has 1 atom stereocenters. The largest absolute Gasteiger partial charge is 0.481 e. The van der Waals surface area contributed by atoms with Crippen molar-refractivity contribution in [2.45, 2.75) is 65.7 Å². The number of carboxylic acid groups (broad SMARTS) is 1. The van der Waals surface area contributed by atoms with Gasteiger partial charge in [-0.2, -0.15) is 5.26 Å². The van der Waals surface area contributed by atoms with Gasteiger partial charge < -0.3 is 19.9 Å². The van der Waals surface area contributed by atoms with E-state index < -0.39 is 23.6 Å². The van der Waals surface area contributed by atoms with Crippen molar-refractivity contribution in [3.05, 3.63) is 94.4 Å². The minimum absolute atomic E-state index is 0.169. The highest BCUT2D eigenvalue weighted by Gasteiger charge is 2.37. The first-order valence-electron chi connectivity index (χ1n) is 19.0. The molecule has 0 saturated carbocycles. The molecule has 0 radical (unpaired) electrons. The molecule has 12 nitrogen and oxygen atoms in total. The normalized spacial score (nSPS) is 17.4. The molecule has 6 aromatic rings. The molecule has 0 bridgehead atoms. The molecule has 3 aromatic heterocycles. The molecular formula is C43H42F2N8O4. The maximum Gasteiger partial charge on any atom is 0.309 e. The first-order chi connectivity index (χ1) is 27.4. The Bertz CT molecular complexity index is 2560. The van der Waals surface area contributed by atoms with Gasteiger partial charge in [0.2, 0.25) is 5.89 Å². The maximum absolute atomic E-state index is 14.1. The number of anilines is 2. The number of aromatic nitrogens is 4. The van der Waals surface area contributed by atoms with Crippen molar-refractivity contribution in [2.75, 3.05) is 31.5 Å². The van der Waals surface area contributed by atoms with Gasteiger partial charge in [-0.05, 0) is 117 Å². The molecule has 5 heterocycles. The minimum Gasteiger partial charge on any atom is -0.481 e. The van der Waals surface area contributed by atoms with E-state index in [1.807, 2.05) is 62.4 Å². The van der Waals surface area contributed by atoms with Crippen molar-refractivity contribution in [1.29, 1.82) is 5.26 Å². The number of carbonyl (C=O) groups is 1. The van der Waals surface area contributed by atoms with E-state index >= 15 is 0 Å². The molecule has 1 unspecified atom stereocenters. The number of piperidine rings is 1. The molecular weight excluding hydrogens is 731 g/mol. The number of fused-ring (bicyclic) bond motifs is 2. The summed E-state index contributed by atoms with van der Waals surface area (Å²) in [6, 6.07) is 19.3. The third-order valence-electron chi connectivity index (χ3n) is 11.5. The second-order valence-corrected chi connectivity index (χ2v) is 15.5. The van der Waals surface area contributed by atoms with E-state index in [9.17, 15) is 29.1 Å². The number of β-amino-alcohol motifs (C(OH)–C–C–N with tert-alkyl or cyclic N) is 1. The van der Waals surface area contributed by atoms with E-state index in [0.717, 1.165) is 45.5 Å². The lowest BCUT2D eigenvalue weighted by molar-refractivity contribution is -0.150. The number of likely N-dealkylation sites (tertiary alicyclic amines) is 2. The zero-order valence-corrected chi connectivity index (χ0v) is 31.9. The molecule has 0 aliphatic carbocycles. The van der Waals surface area contributed by atoms with Crippen LogP contribution < -0.4 is 5.32 Å². The van der Waals surface area contributed by atoms with E-state index in [0.29, 0.717) is 91.3 Å². The fourth-order valence-electron chi connectivity index (χ4n) is 7.97. The van der Waals surface area contributed by atoms with Crippen molar-refractivity contribution in [1.82, 2.24) is 29.7 Å². The van der Waals surface area contributed by atoms with Crippen LogP contribution in [0.1, 0.15) is 66.3 Å². The third kappa shape index (κ3) is 7.53. The van der Waals surface area contributed by atoms with Crippen LogP contribution >= 0.6 is 0 Å². The Balaban J connectivity index is 1.08. The second kappa shape index (κ2) is 15.2. The van der Waals surface area contributed by atoms with Crippen LogP contribution in [0.3, 0.4) is 0 Å². The third-order valence-corrected chi connectivity index (χ3v) is 11.5. The van der Waals surface area contributed by atoms with Crippen LogP contribution in [-0.4, -0.2) is 78.2 Å². The lowest BCUT2D eigenvalue weighted by Gasteiger charge is -2.36. The standard InChI is InChI=1S/C43H42F2N8O4/c1-24-30(6-4-8-32(24)41-50-35-17-26(16-28(19-46)37(35)57-41)21-52-14-11-43(3,12-15-52)42(55)56)31-7-5-9-33(25(31)2)48-39-36-34(49-40(51-39)38(44)45)18-27(20-47-36)22-53-13-10-29(54)23-53/h4-9,16-18,20,29,38,54H,10-15,21-23H2,1-3H3,(H,55,56)(H,48,49,51). The number of rotatable bonds is 10. The van der Waals surface area contributed by atoms with Gasteiger partial charge in [-0.3, -0.25) is 19.6 Å². The summed E-state index contributed by atoms with van der Waals surface area (Å²) >= 11 is 0. The number of benzene rings is 3. The Morgan fingerprint density at radius 1 is 0.965 bits per heavy atom. The number of nitrogens with zero attached hydrogens (tertiary/aromatic N) is 7. The Morgan fingerprint density at radius 2 is 1.67 bits per heavy atom. The first-order valence-corrected chi connectivity index (χ1v) is 19.0. The van der Waals surface area contributed by atoms with Gasteiger partial charge in [0, 0.05) is 43.6 Å². The van der Waals surface area contributed by atoms with E-state index in [2.05, 4.69) is 36.1 Å². The van der Waals surface area contributed by atoms with Crippen LogP contribution in [0.15, 0.2) is 65.2 Å². The van der Waals surface area contributed by atoms with Crippen LogP contribution in [0.25, 0.3) is 44.7 Å². The van der Waals surface area contributed by atoms with Crippen molar-refractivity contribution in [2.24, 2.45) is 5.41 Å². The quantitative estimate of drug-likeness (QED) is 0.123. The van der Waals surface area contributed by atoms with E-state index in [1.165, 1.54) is 0 Å². The summed E-state index contributed by atoms with van der Waals surface area (Å²) in [5, 5.41) is 32.9. The van der Waals surface area contributed by atoms with Gasteiger partial charge in [-0.25, -0.2) is 23.7 Å². The number of oxazole rings is 1. The SMILES string of the molecule is Cc1c(Nc2nc(C(F)F)nc3cc(CN4CCC(O)C4)cnc23)cccc1-c1cccc(-c2nc3cc(CN4CCC(C)(C(=O)O)CC4)cc(C#N)c3o2)c1C. The highest BCUT2D eigenvalue weighted by molar-refractivity contribution is 5.90. The first kappa shape index (κ1) is 38.0. The topological polar surface area (TPSA) is 165 Å². The number of alkyl halides is 2. The Morgan fingerprint density at radius 3 is 2.37 bits per heavy atom. The van der Waals surface area contributed by atoms with E-state index in [-0.39, 0.29) is 11.9 Å². The molecule has 8 rings (SSSR count). The predicted octanol–water partition coefficient (Wildman–Crippen LogP) is 7.92. The lowest BCUT2D eigenvalue weighted by Crippen LogP contribution is -2.42. The fraction of sp³-hybridized carbons (Fsp3) is 0.349. The molecule has 3 N–H and O–H groups in total. The highest BCUT2D eigenvalue weighted by atomic mass is 19.3. The van der Waals surface area contributed by atoms with Gasteiger partial charge in [-0.1, -0.05) is 24.3 Å². The monoisotopic (exact) mass is 772 g/mol. The summed E-state index contributed by atoms with van der Waals surface area (Å²) in [4.78, 5) is 33.8. The Kier molecular flexibility index (Phi) is 10.2. The highest BCUT2D eigenvalue weighted by Crippen LogP contribution is 2.38. The summed E-state index contributed by atoms with van der Waals surface area (Å²) < 4.78 is 34.5. The van der Waals surface area contributed by atoms with Gasteiger partial charge in [0.1, 0.15) is 17.1 Å². The molecule has 0 amide bonds. The second-order valence-electron chi connectivity index (χ2n) is 15.5.